The second-order valence-corrected chi connectivity index (χ2v) is 5.61. The Morgan fingerprint density at radius 2 is 1.68 bits per heavy atom. The molecule has 5 heteroatoms. The van der Waals surface area contributed by atoms with Crippen molar-refractivity contribution in [1.82, 2.24) is 5.32 Å². The van der Waals surface area contributed by atoms with Crippen molar-refractivity contribution in [2.45, 2.75) is 26.8 Å². The van der Waals surface area contributed by atoms with Gasteiger partial charge in [-0.15, -0.1) is 11.8 Å². The van der Waals surface area contributed by atoms with E-state index in [2.05, 4.69) is 10.6 Å². The molecule has 1 aromatic carbocycles. The van der Waals surface area contributed by atoms with Crippen LogP contribution in [0.1, 0.15) is 19.4 Å². The number of carbonyl (C=O) groups excluding carboxylic acids is 2. The zero-order valence-corrected chi connectivity index (χ0v) is 12.3. The summed E-state index contributed by atoms with van der Waals surface area (Å²) in [5.74, 6) is 0.452. The van der Waals surface area contributed by atoms with E-state index in [-0.39, 0.29) is 23.6 Å². The van der Waals surface area contributed by atoms with Crippen LogP contribution in [-0.4, -0.2) is 29.4 Å². The van der Waals surface area contributed by atoms with Gasteiger partial charge in [-0.05, 0) is 32.9 Å². The Morgan fingerprint density at radius 3 is 2.26 bits per heavy atom. The van der Waals surface area contributed by atoms with Gasteiger partial charge in [0.2, 0.25) is 11.8 Å². The minimum absolute atomic E-state index is 0.0388. The highest BCUT2D eigenvalue weighted by molar-refractivity contribution is 8.00. The number of nitrogens with one attached hydrogen (secondary N) is 2. The second kappa shape index (κ2) is 7.84. The molecule has 0 bridgehead atoms. The highest BCUT2D eigenvalue weighted by Gasteiger charge is 2.06. The number of anilines is 1. The first-order valence-electron chi connectivity index (χ1n) is 6.21. The molecule has 0 aliphatic heterocycles. The van der Waals surface area contributed by atoms with Crippen LogP contribution in [0.25, 0.3) is 0 Å². The quantitative estimate of drug-likeness (QED) is 0.840. The van der Waals surface area contributed by atoms with Gasteiger partial charge in [0.25, 0.3) is 0 Å². The van der Waals surface area contributed by atoms with Gasteiger partial charge in [-0.2, -0.15) is 0 Å². The Morgan fingerprint density at radius 1 is 1.11 bits per heavy atom. The van der Waals surface area contributed by atoms with Crippen LogP contribution in [0.3, 0.4) is 0 Å². The Kier molecular flexibility index (Phi) is 6.42. The van der Waals surface area contributed by atoms with E-state index in [9.17, 15) is 9.59 Å². The van der Waals surface area contributed by atoms with E-state index < -0.39 is 0 Å². The molecule has 2 amide bonds. The molecular weight excluding hydrogens is 260 g/mol. The maximum absolute atomic E-state index is 11.6. The fourth-order valence-electron chi connectivity index (χ4n) is 1.43. The molecule has 0 fully saturated rings. The van der Waals surface area contributed by atoms with Gasteiger partial charge in [0.05, 0.1) is 11.5 Å². The first-order chi connectivity index (χ1) is 8.97. The lowest BCUT2D eigenvalue weighted by Gasteiger charge is -2.08. The third-order valence-corrected chi connectivity index (χ3v) is 3.18. The first-order valence-corrected chi connectivity index (χ1v) is 7.36. The third-order valence-electron chi connectivity index (χ3n) is 2.25. The van der Waals surface area contributed by atoms with Crippen molar-refractivity contribution >= 4 is 29.3 Å². The van der Waals surface area contributed by atoms with Crippen molar-refractivity contribution in [3.8, 4) is 0 Å². The van der Waals surface area contributed by atoms with E-state index in [1.807, 2.05) is 45.0 Å². The largest absolute Gasteiger partial charge is 0.353 e. The van der Waals surface area contributed by atoms with Crippen LogP contribution in [0.5, 0.6) is 0 Å². The summed E-state index contributed by atoms with van der Waals surface area (Å²) in [5, 5.41) is 5.57. The minimum Gasteiger partial charge on any atom is -0.353 e. The van der Waals surface area contributed by atoms with Gasteiger partial charge in [0.15, 0.2) is 0 Å². The molecule has 0 saturated carbocycles. The lowest BCUT2D eigenvalue weighted by molar-refractivity contribution is -0.119. The molecule has 0 aliphatic carbocycles. The van der Waals surface area contributed by atoms with Crippen molar-refractivity contribution in [3.05, 3.63) is 29.8 Å². The summed E-state index contributed by atoms with van der Waals surface area (Å²) in [5.41, 5.74) is 1.93. The molecule has 0 aromatic heterocycles. The molecule has 0 saturated heterocycles. The van der Waals surface area contributed by atoms with Crippen molar-refractivity contribution in [3.63, 3.8) is 0 Å². The van der Waals surface area contributed by atoms with Crippen molar-refractivity contribution in [1.29, 1.82) is 0 Å². The number of hydrogen-bond donors (Lipinski definition) is 2. The summed E-state index contributed by atoms with van der Waals surface area (Å²) in [6.07, 6.45) is 0. The van der Waals surface area contributed by atoms with Gasteiger partial charge < -0.3 is 10.6 Å². The van der Waals surface area contributed by atoms with Gasteiger partial charge in [0.1, 0.15) is 0 Å². The number of benzene rings is 1. The van der Waals surface area contributed by atoms with Gasteiger partial charge in [-0.25, -0.2) is 0 Å². The van der Waals surface area contributed by atoms with Crippen LogP contribution in [0.4, 0.5) is 5.69 Å². The molecule has 104 valence electrons. The first kappa shape index (κ1) is 15.6. The highest BCUT2D eigenvalue weighted by atomic mass is 32.2. The normalized spacial score (nSPS) is 10.3. The van der Waals surface area contributed by atoms with Crippen LogP contribution in [0.15, 0.2) is 24.3 Å². The van der Waals surface area contributed by atoms with E-state index in [1.54, 1.807) is 0 Å². The molecule has 0 heterocycles. The van der Waals surface area contributed by atoms with Crippen molar-refractivity contribution in [2.75, 3.05) is 16.8 Å². The summed E-state index contributed by atoms with van der Waals surface area (Å²) in [4.78, 5) is 23.0. The molecule has 19 heavy (non-hydrogen) atoms. The van der Waals surface area contributed by atoms with E-state index in [1.165, 1.54) is 11.8 Å². The van der Waals surface area contributed by atoms with Crippen molar-refractivity contribution < 1.29 is 9.59 Å². The molecule has 4 nitrogen and oxygen atoms in total. The smallest absolute Gasteiger partial charge is 0.234 e. The minimum atomic E-state index is -0.0915. The fourth-order valence-corrected chi connectivity index (χ4v) is 2.06. The molecule has 0 atom stereocenters. The molecular formula is C14H20N2O2S. The topological polar surface area (TPSA) is 58.2 Å². The highest BCUT2D eigenvalue weighted by Crippen LogP contribution is 2.09. The Hall–Kier alpha value is -1.49. The zero-order valence-electron chi connectivity index (χ0n) is 11.5. The Balaban J connectivity index is 2.25. The van der Waals surface area contributed by atoms with E-state index in [0.717, 1.165) is 11.3 Å². The van der Waals surface area contributed by atoms with Gasteiger partial charge in [-0.3, -0.25) is 9.59 Å². The van der Waals surface area contributed by atoms with Gasteiger partial charge in [-0.1, -0.05) is 17.7 Å². The Labute approximate surface area is 118 Å². The van der Waals surface area contributed by atoms with Crippen LogP contribution >= 0.6 is 11.8 Å². The number of amides is 2. The molecule has 0 spiro atoms. The Bertz CT molecular complexity index is 430. The number of hydrogen-bond acceptors (Lipinski definition) is 3. The van der Waals surface area contributed by atoms with E-state index in [4.69, 9.17) is 0 Å². The number of carbonyl (C=O) groups is 2. The van der Waals surface area contributed by atoms with Gasteiger partial charge in [0, 0.05) is 11.7 Å². The average Bonchev–Trinajstić information content (AvgIpc) is 2.31. The maximum atomic E-state index is 11.6. The van der Waals surface area contributed by atoms with Gasteiger partial charge >= 0.3 is 0 Å². The second-order valence-electron chi connectivity index (χ2n) is 4.63. The van der Waals surface area contributed by atoms with Crippen LogP contribution in [-0.2, 0) is 9.59 Å². The predicted molar refractivity (Wildman–Crippen MR) is 80.4 cm³/mol. The molecule has 1 aromatic rings. The monoisotopic (exact) mass is 280 g/mol. The third kappa shape index (κ3) is 6.86. The lowest BCUT2D eigenvalue weighted by Crippen LogP contribution is -2.31. The molecule has 0 radical (unpaired) electrons. The molecule has 0 aliphatic rings. The maximum Gasteiger partial charge on any atom is 0.234 e. The van der Waals surface area contributed by atoms with Crippen LogP contribution in [0, 0.1) is 6.92 Å². The summed E-state index contributed by atoms with van der Waals surface area (Å²) in [7, 11) is 0. The summed E-state index contributed by atoms with van der Waals surface area (Å²) in [6.45, 7) is 5.81. The summed E-state index contributed by atoms with van der Waals surface area (Å²) < 4.78 is 0. The van der Waals surface area contributed by atoms with Crippen LogP contribution < -0.4 is 10.6 Å². The number of thioether (sulfide) groups is 1. The van der Waals surface area contributed by atoms with E-state index >= 15 is 0 Å². The molecule has 2 N–H and O–H groups in total. The number of rotatable bonds is 6. The van der Waals surface area contributed by atoms with E-state index in [0.29, 0.717) is 5.75 Å². The SMILES string of the molecule is Cc1ccc(NC(=O)CSCC(=O)NC(C)C)cc1. The summed E-state index contributed by atoms with van der Waals surface area (Å²) >= 11 is 1.31. The average molecular weight is 280 g/mol. The fraction of sp³-hybridized carbons (Fsp3) is 0.429. The zero-order chi connectivity index (χ0) is 14.3. The standard InChI is InChI=1S/C14H20N2O2S/c1-10(2)15-13(17)8-19-9-14(18)16-12-6-4-11(3)5-7-12/h4-7,10H,8-9H2,1-3H3,(H,15,17)(H,16,18). The van der Waals surface area contributed by atoms with Crippen molar-refractivity contribution in [2.24, 2.45) is 0 Å². The lowest BCUT2D eigenvalue weighted by atomic mass is 10.2. The van der Waals surface area contributed by atoms with Crippen LogP contribution in [0.2, 0.25) is 0 Å². The summed E-state index contributed by atoms with van der Waals surface area (Å²) in [6, 6.07) is 7.75. The number of aryl methyl sites for hydroxylation is 1. The predicted octanol–water partition coefficient (Wildman–Crippen LogP) is 2.19. The molecule has 1 rings (SSSR count). The molecule has 0 unspecified atom stereocenters.